The molecule has 0 aromatic rings. The molecule has 1 unspecified atom stereocenters. The third-order valence-corrected chi connectivity index (χ3v) is 1.87. The fourth-order valence-electron chi connectivity index (χ4n) is 1.14. The second-order valence-electron chi connectivity index (χ2n) is 3.09. The van der Waals surface area contributed by atoms with Crippen LogP contribution in [0.4, 0.5) is 4.79 Å². The number of hydrogen-bond acceptors (Lipinski definition) is 3. The number of hydrogen-bond donors (Lipinski definition) is 1. The van der Waals surface area contributed by atoms with E-state index >= 15 is 0 Å². The Labute approximate surface area is 72.1 Å². The summed E-state index contributed by atoms with van der Waals surface area (Å²) in [7, 11) is 0. The van der Waals surface area contributed by atoms with Crippen molar-refractivity contribution in [3.05, 3.63) is 0 Å². The van der Waals surface area contributed by atoms with Gasteiger partial charge >= 0.3 is 6.09 Å². The molecular formula is C8H15NO3. The number of ether oxygens (including phenoxy) is 1. The zero-order valence-corrected chi connectivity index (χ0v) is 7.32. The lowest BCUT2D eigenvalue weighted by Crippen LogP contribution is -2.39. The van der Waals surface area contributed by atoms with Gasteiger partial charge in [-0.15, -0.1) is 0 Å². The van der Waals surface area contributed by atoms with Crippen LogP contribution in [0.3, 0.4) is 0 Å². The molecular weight excluding hydrogens is 158 g/mol. The Hall–Kier alpha value is -0.770. The first-order chi connectivity index (χ1) is 5.70. The van der Waals surface area contributed by atoms with Gasteiger partial charge in [0, 0.05) is 13.1 Å². The lowest BCUT2D eigenvalue weighted by atomic mass is 10.2. The van der Waals surface area contributed by atoms with Crippen molar-refractivity contribution in [3.8, 4) is 0 Å². The number of carbonyl (C=O) groups is 1. The summed E-state index contributed by atoms with van der Waals surface area (Å²) in [5.74, 6) is 0. The molecule has 70 valence electrons. The maximum absolute atomic E-state index is 11.0. The summed E-state index contributed by atoms with van der Waals surface area (Å²) in [5, 5.41) is 8.99. The summed E-state index contributed by atoms with van der Waals surface area (Å²) in [4.78, 5) is 12.7. The number of amides is 1. The van der Waals surface area contributed by atoms with Crippen LogP contribution < -0.4 is 0 Å². The minimum Gasteiger partial charge on any atom is -0.449 e. The van der Waals surface area contributed by atoms with Crippen LogP contribution in [0, 0.1) is 0 Å². The second-order valence-corrected chi connectivity index (χ2v) is 3.09. The van der Waals surface area contributed by atoms with Gasteiger partial charge < -0.3 is 14.7 Å². The Balaban J connectivity index is 2.25. The summed E-state index contributed by atoms with van der Waals surface area (Å²) < 4.78 is 4.83. The van der Waals surface area contributed by atoms with E-state index in [0.717, 1.165) is 13.0 Å². The maximum atomic E-state index is 11.0. The van der Waals surface area contributed by atoms with Gasteiger partial charge in [-0.25, -0.2) is 4.79 Å². The van der Waals surface area contributed by atoms with Gasteiger partial charge in [-0.05, 0) is 19.8 Å². The van der Waals surface area contributed by atoms with Crippen molar-refractivity contribution in [2.45, 2.75) is 25.9 Å². The molecule has 1 atom stereocenters. The summed E-state index contributed by atoms with van der Waals surface area (Å²) in [6, 6.07) is 0. The molecule has 1 N–H and O–H groups in total. The Bertz CT molecular complexity index is 158. The Kier molecular flexibility index (Phi) is 3.34. The van der Waals surface area contributed by atoms with Crippen LogP contribution >= 0.6 is 0 Å². The van der Waals surface area contributed by atoms with Crippen LogP contribution in [0.1, 0.15) is 19.8 Å². The summed E-state index contributed by atoms with van der Waals surface area (Å²) in [5.41, 5.74) is 0. The molecule has 0 bridgehead atoms. The van der Waals surface area contributed by atoms with Crippen molar-refractivity contribution in [2.75, 3.05) is 19.7 Å². The standard InChI is InChI=1S/C8H15NO3/c1-7(10)3-5-9-4-2-6-12-8(9)11/h7,10H,2-6H2,1H3. The molecule has 1 heterocycles. The van der Waals surface area contributed by atoms with E-state index in [-0.39, 0.29) is 12.2 Å². The lowest BCUT2D eigenvalue weighted by Gasteiger charge is -2.26. The van der Waals surface area contributed by atoms with Crippen molar-refractivity contribution in [1.29, 1.82) is 0 Å². The molecule has 0 aliphatic carbocycles. The zero-order valence-electron chi connectivity index (χ0n) is 7.32. The summed E-state index contributed by atoms with van der Waals surface area (Å²) >= 11 is 0. The fraction of sp³-hybridized carbons (Fsp3) is 0.875. The molecule has 0 aromatic heterocycles. The summed E-state index contributed by atoms with van der Waals surface area (Å²) in [6.07, 6.45) is 0.919. The molecule has 12 heavy (non-hydrogen) atoms. The summed E-state index contributed by atoms with van der Waals surface area (Å²) in [6.45, 7) is 3.60. The number of rotatable bonds is 3. The normalized spacial score (nSPS) is 20.5. The first-order valence-corrected chi connectivity index (χ1v) is 4.30. The number of carbonyl (C=O) groups excluding carboxylic acids is 1. The molecule has 1 saturated heterocycles. The van der Waals surface area contributed by atoms with E-state index in [2.05, 4.69) is 0 Å². The number of aliphatic hydroxyl groups is 1. The van der Waals surface area contributed by atoms with Crippen molar-refractivity contribution in [3.63, 3.8) is 0 Å². The van der Waals surface area contributed by atoms with Gasteiger partial charge in [-0.2, -0.15) is 0 Å². The van der Waals surface area contributed by atoms with E-state index in [9.17, 15) is 4.79 Å². The van der Waals surface area contributed by atoms with E-state index in [0.29, 0.717) is 19.6 Å². The average Bonchev–Trinajstić information content (AvgIpc) is 2.03. The van der Waals surface area contributed by atoms with Crippen LogP contribution in [-0.4, -0.2) is 41.9 Å². The Morgan fingerprint density at radius 1 is 1.75 bits per heavy atom. The van der Waals surface area contributed by atoms with Crippen molar-refractivity contribution in [2.24, 2.45) is 0 Å². The van der Waals surface area contributed by atoms with Gasteiger partial charge in [0.2, 0.25) is 0 Å². The highest BCUT2D eigenvalue weighted by atomic mass is 16.6. The van der Waals surface area contributed by atoms with Crippen LogP contribution in [0.15, 0.2) is 0 Å². The molecule has 0 spiro atoms. The highest BCUT2D eigenvalue weighted by Crippen LogP contribution is 2.05. The Morgan fingerprint density at radius 2 is 2.50 bits per heavy atom. The minimum absolute atomic E-state index is 0.248. The van der Waals surface area contributed by atoms with E-state index in [1.165, 1.54) is 0 Å². The van der Waals surface area contributed by atoms with Gasteiger partial charge in [-0.1, -0.05) is 0 Å². The molecule has 0 radical (unpaired) electrons. The SMILES string of the molecule is CC(O)CCN1CCCOC1=O. The number of nitrogens with zero attached hydrogens (tertiary/aromatic N) is 1. The molecule has 4 nitrogen and oxygen atoms in total. The van der Waals surface area contributed by atoms with Gasteiger partial charge in [0.05, 0.1) is 12.7 Å². The molecule has 1 aliphatic rings. The van der Waals surface area contributed by atoms with Crippen LogP contribution in [0.2, 0.25) is 0 Å². The van der Waals surface area contributed by atoms with E-state index in [1.54, 1.807) is 11.8 Å². The quantitative estimate of drug-likeness (QED) is 0.680. The van der Waals surface area contributed by atoms with Crippen molar-refractivity contribution in [1.82, 2.24) is 4.90 Å². The first kappa shape index (κ1) is 9.32. The molecule has 4 heteroatoms. The largest absolute Gasteiger partial charge is 0.449 e. The predicted molar refractivity (Wildman–Crippen MR) is 43.8 cm³/mol. The molecule has 0 aromatic carbocycles. The molecule has 0 saturated carbocycles. The maximum Gasteiger partial charge on any atom is 0.409 e. The number of aliphatic hydroxyl groups excluding tert-OH is 1. The highest BCUT2D eigenvalue weighted by molar-refractivity contribution is 5.68. The fourth-order valence-corrected chi connectivity index (χ4v) is 1.14. The van der Waals surface area contributed by atoms with Crippen LogP contribution in [-0.2, 0) is 4.74 Å². The topological polar surface area (TPSA) is 49.8 Å². The minimum atomic E-state index is -0.347. The van der Waals surface area contributed by atoms with Gasteiger partial charge in [0.15, 0.2) is 0 Å². The molecule has 1 amide bonds. The van der Waals surface area contributed by atoms with Crippen molar-refractivity contribution < 1.29 is 14.6 Å². The zero-order chi connectivity index (χ0) is 8.97. The predicted octanol–water partition coefficient (Wildman–Crippen LogP) is 0.600. The van der Waals surface area contributed by atoms with Gasteiger partial charge in [0.25, 0.3) is 0 Å². The number of cyclic esters (lactones) is 1. The van der Waals surface area contributed by atoms with Crippen LogP contribution in [0.25, 0.3) is 0 Å². The lowest BCUT2D eigenvalue weighted by molar-refractivity contribution is 0.0660. The third kappa shape index (κ3) is 2.70. The smallest absolute Gasteiger partial charge is 0.409 e. The third-order valence-electron chi connectivity index (χ3n) is 1.87. The average molecular weight is 173 g/mol. The van der Waals surface area contributed by atoms with E-state index < -0.39 is 0 Å². The molecule has 1 rings (SSSR count). The highest BCUT2D eigenvalue weighted by Gasteiger charge is 2.18. The Morgan fingerprint density at radius 3 is 3.08 bits per heavy atom. The van der Waals surface area contributed by atoms with E-state index in [1.807, 2.05) is 0 Å². The van der Waals surface area contributed by atoms with Crippen molar-refractivity contribution >= 4 is 6.09 Å². The molecule has 1 fully saturated rings. The monoisotopic (exact) mass is 173 g/mol. The first-order valence-electron chi connectivity index (χ1n) is 4.30. The van der Waals surface area contributed by atoms with E-state index in [4.69, 9.17) is 9.84 Å². The van der Waals surface area contributed by atoms with Gasteiger partial charge in [0.1, 0.15) is 0 Å². The molecule has 1 aliphatic heterocycles. The van der Waals surface area contributed by atoms with Crippen LogP contribution in [0.5, 0.6) is 0 Å². The van der Waals surface area contributed by atoms with Gasteiger partial charge in [-0.3, -0.25) is 0 Å². The second kappa shape index (κ2) is 4.30.